The minimum absolute atomic E-state index is 0.0666. The first kappa shape index (κ1) is 19.5. The van der Waals surface area contributed by atoms with Gasteiger partial charge in [-0.15, -0.1) is 0 Å². The molecule has 6 heteroatoms. The number of anilines is 2. The van der Waals surface area contributed by atoms with Crippen LogP contribution in [0.15, 0.2) is 66.7 Å². The van der Waals surface area contributed by atoms with E-state index in [1.165, 1.54) is 11.8 Å². The average Bonchev–Trinajstić information content (AvgIpc) is 2.67. The molecule has 0 bridgehead atoms. The Bertz CT molecular complexity index is 1040. The normalized spacial score (nSPS) is 10.4. The van der Waals surface area contributed by atoms with Crippen LogP contribution in [0.2, 0.25) is 0 Å². The smallest absolute Gasteiger partial charge is 0.230 e. The fourth-order valence-electron chi connectivity index (χ4n) is 2.93. The molecule has 0 saturated heterocycles. The lowest BCUT2D eigenvalue weighted by Gasteiger charge is -2.17. The van der Waals surface area contributed by atoms with Gasteiger partial charge in [0.15, 0.2) is 5.11 Å². The highest BCUT2D eigenvalue weighted by Gasteiger charge is 2.10. The molecule has 5 nitrogen and oxygen atoms in total. The van der Waals surface area contributed by atoms with Gasteiger partial charge in [-0.2, -0.15) is 0 Å². The summed E-state index contributed by atoms with van der Waals surface area (Å²) in [6, 6.07) is 21.1. The predicted octanol–water partition coefficient (Wildman–Crippen LogP) is 3.88. The van der Waals surface area contributed by atoms with Crippen LogP contribution in [0.1, 0.15) is 12.5 Å². The number of hydrogen-bond acceptors (Lipinski definition) is 3. The van der Waals surface area contributed by atoms with Crippen molar-refractivity contribution in [3.8, 4) is 0 Å². The van der Waals surface area contributed by atoms with Gasteiger partial charge in [-0.25, -0.2) is 0 Å². The first-order valence-electron chi connectivity index (χ1n) is 8.86. The molecule has 0 aliphatic carbocycles. The summed E-state index contributed by atoms with van der Waals surface area (Å²) in [5.41, 5.74) is 2.38. The molecule has 3 aromatic carbocycles. The van der Waals surface area contributed by atoms with Crippen LogP contribution in [0.3, 0.4) is 0 Å². The number of benzene rings is 3. The van der Waals surface area contributed by atoms with Crippen LogP contribution >= 0.6 is 12.2 Å². The van der Waals surface area contributed by atoms with Gasteiger partial charge in [0.25, 0.3) is 0 Å². The third-order valence-electron chi connectivity index (χ3n) is 4.45. The van der Waals surface area contributed by atoms with Gasteiger partial charge in [0.05, 0.1) is 6.42 Å². The molecule has 0 unspecified atom stereocenters. The van der Waals surface area contributed by atoms with Crippen LogP contribution in [0.25, 0.3) is 10.8 Å². The summed E-state index contributed by atoms with van der Waals surface area (Å²) in [6.45, 7) is 1.50. The quantitative estimate of drug-likeness (QED) is 0.663. The molecule has 0 aliphatic rings. The molecule has 2 N–H and O–H groups in total. The Labute approximate surface area is 169 Å². The number of thiocarbonyl (C=S) groups is 1. The Morgan fingerprint density at radius 3 is 2.50 bits per heavy atom. The van der Waals surface area contributed by atoms with Crippen molar-refractivity contribution in [2.75, 3.05) is 17.3 Å². The lowest BCUT2D eigenvalue weighted by Crippen LogP contribution is -2.35. The molecule has 3 aromatic rings. The number of rotatable bonds is 4. The molecular formula is C22H21N3O2S. The Balaban J connectivity index is 1.64. The maximum atomic E-state index is 12.4. The monoisotopic (exact) mass is 391 g/mol. The molecule has 0 aliphatic heterocycles. The van der Waals surface area contributed by atoms with Gasteiger partial charge in [-0.3, -0.25) is 9.59 Å². The van der Waals surface area contributed by atoms with Crippen LogP contribution in [0.4, 0.5) is 11.4 Å². The van der Waals surface area contributed by atoms with Gasteiger partial charge >= 0.3 is 0 Å². The van der Waals surface area contributed by atoms with Crippen molar-refractivity contribution < 1.29 is 9.59 Å². The average molecular weight is 391 g/mol. The summed E-state index contributed by atoms with van der Waals surface area (Å²) in [7, 11) is 1.70. The highest BCUT2D eigenvalue weighted by atomic mass is 32.1. The van der Waals surface area contributed by atoms with E-state index in [2.05, 4.69) is 10.6 Å². The van der Waals surface area contributed by atoms with Gasteiger partial charge in [-0.05, 0) is 46.8 Å². The van der Waals surface area contributed by atoms with Crippen LogP contribution in [-0.4, -0.2) is 24.0 Å². The predicted molar refractivity (Wildman–Crippen MR) is 118 cm³/mol. The van der Waals surface area contributed by atoms with Crippen molar-refractivity contribution >= 4 is 51.3 Å². The first-order chi connectivity index (χ1) is 13.4. The third kappa shape index (κ3) is 4.72. The van der Waals surface area contributed by atoms with Crippen LogP contribution in [0, 0.1) is 0 Å². The van der Waals surface area contributed by atoms with E-state index in [1.807, 2.05) is 60.7 Å². The number of nitrogens with one attached hydrogen (secondary N) is 2. The van der Waals surface area contributed by atoms with E-state index in [4.69, 9.17) is 12.2 Å². The Morgan fingerprint density at radius 1 is 1.00 bits per heavy atom. The maximum Gasteiger partial charge on any atom is 0.230 e. The van der Waals surface area contributed by atoms with E-state index in [9.17, 15) is 9.59 Å². The standard InChI is InChI=1S/C22H21N3O2S/c1-15(26)25(2)19-11-6-10-18(14-19)23-22(28)24-21(27)13-17-9-5-8-16-7-3-4-12-20(16)17/h3-12,14H,13H2,1-2H3,(H2,23,24,27,28). The molecule has 0 atom stereocenters. The van der Waals surface area contributed by atoms with Crippen LogP contribution in [0.5, 0.6) is 0 Å². The van der Waals surface area contributed by atoms with E-state index in [-0.39, 0.29) is 23.3 Å². The Kier molecular flexibility index (Phi) is 6.01. The summed E-state index contributed by atoms with van der Waals surface area (Å²) in [5, 5.41) is 8.07. The summed E-state index contributed by atoms with van der Waals surface area (Å²) < 4.78 is 0. The maximum absolute atomic E-state index is 12.4. The van der Waals surface area contributed by atoms with E-state index in [0.717, 1.165) is 22.0 Å². The van der Waals surface area contributed by atoms with Crippen molar-refractivity contribution in [3.05, 3.63) is 72.3 Å². The lowest BCUT2D eigenvalue weighted by atomic mass is 10.0. The Hall–Kier alpha value is -3.25. The topological polar surface area (TPSA) is 61.4 Å². The molecule has 0 saturated carbocycles. The van der Waals surface area contributed by atoms with Crippen LogP contribution in [-0.2, 0) is 16.0 Å². The zero-order valence-corrected chi connectivity index (χ0v) is 16.5. The molecule has 0 heterocycles. The zero-order valence-electron chi connectivity index (χ0n) is 15.7. The van der Waals surface area contributed by atoms with Gasteiger partial charge < -0.3 is 15.5 Å². The molecule has 0 fully saturated rings. The zero-order chi connectivity index (χ0) is 20.1. The number of carbonyl (C=O) groups excluding carboxylic acids is 2. The van der Waals surface area contributed by atoms with Gasteiger partial charge in [-0.1, -0.05) is 48.5 Å². The van der Waals surface area contributed by atoms with Gasteiger partial charge in [0, 0.05) is 25.3 Å². The molecule has 28 heavy (non-hydrogen) atoms. The first-order valence-corrected chi connectivity index (χ1v) is 9.26. The number of carbonyl (C=O) groups is 2. The van der Waals surface area contributed by atoms with Gasteiger partial charge in [0.2, 0.25) is 11.8 Å². The number of amides is 2. The minimum Gasteiger partial charge on any atom is -0.332 e. The van der Waals surface area contributed by atoms with E-state index in [0.29, 0.717) is 5.69 Å². The van der Waals surface area contributed by atoms with Crippen molar-refractivity contribution in [2.45, 2.75) is 13.3 Å². The Morgan fingerprint density at radius 2 is 1.71 bits per heavy atom. The highest BCUT2D eigenvalue weighted by molar-refractivity contribution is 7.80. The number of hydrogen-bond donors (Lipinski definition) is 2. The van der Waals surface area contributed by atoms with Crippen molar-refractivity contribution in [1.82, 2.24) is 5.32 Å². The van der Waals surface area contributed by atoms with Crippen molar-refractivity contribution in [2.24, 2.45) is 0 Å². The van der Waals surface area contributed by atoms with E-state index >= 15 is 0 Å². The summed E-state index contributed by atoms with van der Waals surface area (Å²) >= 11 is 5.26. The van der Waals surface area contributed by atoms with Crippen molar-refractivity contribution in [1.29, 1.82) is 0 Å². The molecule has 0 radical (unpaired) electrons. The van der Waals surface area contributed by atoms with Crippen molar-refractivity contribution in [3.63, 3.8) is 0 Å². The fourth-order valence-corrected chi connectivity index (χ4v) is 3.16. The summed E-state index contributed by atoms with van der Waals surface area (Å²) in [5.74, 6) is -0.256. The fraction of sp³-hybridized carbons (Fsp3) is 0.136. The molecule has 3 rings (SSSR count). The third-order valence-corrected chi connectivity index (χ3v) is 4.65. The SMILES string of the molecule is CC(=O)N(C)c1cccc(NC(=S)NC(=O)Cc2cccc3ccccc23)c1. The molecule has 2 amide bonds. The number of fused-ring (bicyclic) bond motifs is 1. The second kappa shape index (κ2) is 8.63. The molecule has 142 valence electrons. The van der Waals surface area contributed by atoms with E-state index < -0.39 is 0 Å². The summed E-state index contributed by atoms with van der Waals surface area (Å²) in [6.07, 6.45) is 0.232. The molecule has 0 spiro atoms. The molecule has 0 aromatic heterocycles. The highest BCUT2D eigenvalue weighted by Crippen LogP contribution is 2.20. The second-order valence-corrected chi connectivity index (χ2v) is 6.85. The minimum atomic E-state index is -0.189. The summed E-state index contributed by atoms with van der Waals surface area (Å²) in [4.78, 5) is 25.5. The number of nitrogens with zero attached hydrogens (tertiary/aromatic N) is 1. The second-order valence-electron chi connectivity index (χ2n) is 6.45. The lowest BCUT2D eigenvalue weighted by molar-refractivity contribution is -0.119. The van der Waals surface area contributed by atoms with Gasteiger partial charge in [0.1, 0.15) is 0 Å². The molecular weight excluding hydrogens is 370 g/mol. The van der Waals surface area contributed by atoms with Crippen LogP contribution < -0.4 is 15.5 Å². The van der Waals surface area contributed by atoms with E-state index in [1.54, 1.807) is 13.1 Å². The largest absolute Gasteiger partial charge is 0.332 e.